The fourth-order valence-electron chi connectivity index (χ4n) is 5.99. The van der Waals surface area contributed by atoms with Gasteiger partial charge >= 0.3 is 0 Å². The number of sulfonamides is 1. The summed E-state index contributed by atoms with van der Waals surface area (Å²) in [7, 11) is -3.69. The van der Waals surface area contributed by atoms with E-state index in [0.717, 1.165) is 42.0 Å². The minimum atomic E-state index is -3.69. The molecule has 0 saturated heterocycles. The molecule has 1 aliphatic carbocycles. The Morgan fingerprint density at radius 1 is 1.02 bits per heavy atom. The standard InChI is InChI=1S/C31H36ClN3O4S/c1-2-26(31(37)33-24-14-4-3-5-15-24)34(21-23-11-6-7-16-25(23)32)29(36)19-10-20-35-27-17-8-12-22-13-9-18-28(30(22)27)40(35,38)39/h6-9,11-13,16-18,24,26H,2-5,10,14-15,19-21H2,1H3,(H,33,37)/t26-/m0/s1. The number of halogens is 1. The summed E-state index contributed by atoms with van der Waals surface area (Å²) in [5, 5.41) is 5.32. The van der Waals surface area contributed by atoms with Crippen molar-refractivity contribution in [3.8, 4) is 0 Å². The molecule has 0 unspecified atom stereocenters. The molecule has 1 atom stereocenters. The molecule has 2 aliphatic rings. The Morgan fingerprint density at radius 2 is 1.75 bits per heavy atom. The first-order chi connectivity index (χ1) is 19.3. The molecule has 40 heavy (non-hydrogen) atoms. The van der Waals surface area contributed by atoms with Crippen LogP contribution in [0.2, 0.25) is 5.02 Å². The molecular weight excluding hydrogens is 546 g/mol. The zero-order valence-corrected chi connectivity index (χ0v) is 24.4. The number of carbonyl (C=O) groups excluding carboxylic acids is 2. The number of benzene rings is 3. The Morgan fingerprint density at radius 3 is 2.48 bits per heavy atom. The summed E-state index contributed by atoms with van der Waals surface area (Å²) in [4.78, 5) is 29.1. The van der Waals surface area contributed by atoms with E-state index in [1.807, 2.05) is 49.4 Å². The monoisotopic (exact) mass is 581 g/mol. The highest BCUT2D eigenvalue weighted by Crippen LogP contribution is 2.42. The molecule has 0 bridgehead atoms. The Labute approximate surface area is 241 Å². The maximum Gasteiger partial charge on any atom is 0.265 e. The second-order valence-corrected chi connectivity index (χ2v) is 12.9. The molecule has 0 spiro atoms. The molecule has 9 heteroatoms. The van der Waals surface area contributed by atoms with Crippen molar-refractivity contribution in [2.75, 3.05) is 10.8 Å². The van der Waals surface area contributed by atoms with Crippen molar-refractivity contribution in [3.05, 3.63) is 71.2 Å². The van der Waals surface area contributed by atoms with E-state index in [-0.39, 0.29) is 37.4 Å². The second kappa shape index (κ2) is 12.2. The minimum absolute atomic E-state index is 0.107. The van der Waals surface area contributed by atoms with E-state index in [0.29, 0.717) is 28.4 Å². The van der Waals surface area contributed by atoms with Crippen LogP contribution in [0.4, 0.5) is 5.69 Å². The summed E-state index contributed by atoms with van der Waals surface area (Å²) in [6, 6.07) is 17.7. The maximum absolute atomic E-state index is 13.7. The first-order valence-corrected chi connectivity index (χ1v) is 16.0. The van der Waals surface area contributed by atoms with Crippen molar-refractivity contribution in [2.24, 2.45) is 0 Å². The van der Waals surface area contributed by atoms with Gasteiger partial charge in [-0.3, -0.25) is 13.9 Å². The van der Waals surface area contributed by atoms with Crippen LogP contribution in [0.25, 0.3) is 10.8 Å². The SMILES string of the molecule is CC[C@@H](C(=O)NC1CCCCC1)N(Cc1ccccc1Cl)C(=O)CCCN1c2cccc3cccc(c23)S1(=O)=O. The van der Waals surface area contributed by atoms with Crippen LogP contribution in [-0.4, -0.2) is 43.8 Å². The summed E-state index contributed by atoms with van der Waals surface area (Å²) < 4.78 is 28.1. The fraction of sp³-hybridized carbons (Fsp3) is 0.419. The van der Waals surface area contributed by atoms with Crippen molar-refractivity contribution >= 4 is 49.9 Å². The van der Waals surface area contributed by atoms with Crippen LogP contribution in [0.5, 0.6) is 0 Å². The van der Waals surface area contributed by atoms with Gasteiger partial charge in [0.25, 0.3) is 10.0 Å². The van der Waals surface area contributed by atoms with Gasteiger partial charge < -0.3 is 10.2 Å². The lowest BCUT2D eigenvalue weighted by Gasteiger charge is -2.33. The predicted molar refractivity (Wildman–Crippen MR) is 159 cm³/mol. The highest BCUT2D eigenvalue weighted by atomic mass is 35.5. The Hall–Kier alpha value is -3.10. The number of hydrogen-bond acceptors (Lipinski definition) is 4. The van der Waals surface area contributed by atoms with Crippen molar-refractivity contribution in [1.29, 1.82) is 0 Å². The Balaban J connectivity index is 1.32. The molecular formula is C31H36ClN3O4S. The molecule has 3 aromatic rings. The molecule has 2 amide bonds. The third-order valence-corrected chi connectivity index (χ3v) is 10.3. The normalized spacial score (nSPS) is 17.1. The third-order valence-electron chi connectivity index (χ3n) is 8.07. The van der Waals surface area contributed by atoms with Gasteiger partial charge in [-0.25, -0.2) is 8.42 Å². The van der Waals surface area contributed by atoms with Gasteiger partial charge in [-0.05, 0) is 54.8 Å². The van der Waals surface area contributed by atoms with Gasteiger partial charge in [-0.2, -0.15) is 0 Å². The van der Waals surface area contributed by atoms with E-state index in [4.69, 9.17) is 11.6 Å². The molecule has 1 aliphatic heterocycles. The molecule has 1 saturated carbocycles. The van der Waals surface area contributed by atoms with Gasteiger partial charge in [0, 0.05) is 36.0 Å². The molecule has 1 fully saturated rings. The lowest BCUT2D eigenvalue weighted by molar-refractivity contribution is -0.141. The van der Waals surface area contributed by atoms with Crippen LogP contribution in [0.1, 0.15) is 63.9 Å². The van der Waals surface area contributed by atoms with E-state index >= 15 is 0 Å². The number of nitrogens with one attached hydrogen (secondary N) is 1. The van der Waals surface area contributed by atoms with Crippen LogP contribution >= 0.6 is 11.6 Å². The Bertz CT molecular complexity index is 1500. The van der Waals surface area contributed by atoms with Crippen molar-refractivity contribution in [2.45, 2.75) is 81.8 Å². The molecule has 212 valence electrons. The van der Waals surface area contributed by atoms with E-state index < -0.39 is 16.1 Å². The number of nitrogens with zero attached hydrogens (tertiary/aromatic N) is 2. The molecule has 5 rings (SSSR count). The molecule has 0 radical (unpaired) electrons. The average Bonchev–Trinajstić information content (AvgIpc) is 3.17. The van der Waals surface area contributed by atoms with E-state index in [2.05, 4.69) is 5.32 Å². The van der Waals surface area contributed by atoms with Crippen LogP contribution < -0.4 is 9.62 Å². The summed E-state index contributed by atoms with van der Waals surface area (Å²) in [5.74, 6) is -0.336. The minimum Gasteiger partial charge on any atom is -0.352 e. The zero-order valence-electron chi connectivity index (χ0n) is 22.8. The lowest BCUT2D eigenvalue weighted by atomic mass is 9.95. The van der Waals surface area contributed by atoms with Crippen LogP contribution in [0, 0.1) is 0 Å². The van der Waals surface area contributed by atoms with Crippen LogP contribution in [-0.2, 0) is 26.2 Å². The summed E-state index contributed by atoms with van der Waals surface area (Å²) in [5.41, 5.74) is 1.41. The summed E-state index contributed by atoms with van der Waals surface area (Å²) in [6.45, 7) is 2.29. The maximum atomic E-state index is 13.7. The average molecular weight is 582 g/mol. The number of hydrogen-bond donors (Lipinski definition) is 1. The molecule has 1 heterocycles. The predicted octanol–water partition coefficient (Wildman–Crippen LogP) is 6.04. The van der Waals surface area contributed by atoms with Gasteiger partial charge in [0.15, 0.2) is 0 Å². The second-order valence-electron chi connectivity index (χ2n) is 10.7. The highest BCUT2D eigenvalue weighted by Gasteiger charge is 2.36. The number of amides is 2. The number of carbonyl (C=O) groups is 2. The zero-order chi connectivity index (χ0) is 28.3. The van der Waals surface area contributed by atoms with Gasteiger partial charge in [0.05, 0.1) is 10.6 Å². The van der Waals surface area contributed by atoms with Gasteiger partial charge in [-0.1, -0.05) is 80.3 Å². The lowest BCUT2D eigenvalue weighted by Crippen LogP contribution is -2.51. The molecule has 0 aromatic heterocycles. The highest BCUT2D eigenvalue weighted by molar-refractivity contribution is 7.93. The molecule has 7 nitrogen and oxygen atoms in total. The third kappa shape index (κ3) is 5.70. The van der Waals surface area contributed by atoms with Crippen LogP contribution in [0.3, 0.4) is 0 Å². The molecule has 3 aromatic carbocycles. The van der Waals surface area contributed by atoms with Crippen LogP contribution in [0.15, 0.2) is 65.6 Å². The van der Waals surface area contributed by atoms with E-state index in [1.54, 1.807) is 23.1 Å². The van der Waals surface area contributed by atoms with Gasteiger partial charge in [0.2, 0.25) is 11.8 Å². The van der Waals surface area contributed by atoms with E-state index in [9.17, 15) is 18.0 Å². The van der Waals surface area contributed by atoms with Gasteiger partial charge in [-0.15, -0.1) is 0 Å². The summed E-state index contributed by atoms with van der Waals surface area (Å²) >= 11 is 6.45. The first-order valence-electron chi connectivity index (χ1n) is 14.2. The molecule has 1 N–H and O–H groups in total. The van der Waals surface area contributed by atoms with Gasteiger partial charge in [0.1, 0.15) is 6.04 Å². The topological polar surface area (TPSA) is 86.8 Å². The summed E-state index contributed by atoms with van der Waals surface area (Å²) in [6.07, 6.45) is 6.19. The van der Waals surface area contributed by atoms with Crippen molar-refractivity contribution in [1.82, 2.24) is 10.2 Å². The number of rotatable bonds is 10. The quantitative estimate of drug-likeness (QED) is 0.316. The van der Waals surface area contributed by atoms with Crippen molar-refractivity contribution in [3.63, 3.8) is 0 Å². The van der Waals surface area contributed by atoms with Crippen molar-refractivity contribution < 1.29 is 18.0 Å². The van der Waals surface area contributed by atoms with E-state index in [1.165, 1.54) is 10.7 Å². The first kappa shape index (κ1) is 28.4. The largest absolute Gasteiger partial charge is 0.352 e. The Kier molecular flexibility index (Phi) is 8.66. The fourth-order valence-corrected chi connectivity index (χ4v) is 7.93. The number of anilines is 1. The smallest absolute Gasteiger partial charge is 0.265 e.